The van der Waals surface area contributed by atoms with Crippen LogP contribution in [0.15, 0.2) is 84.9 Å². The van der Waals surface area contributed by atoms with Crippen LogP contribution in [0, 0.1) is 10.8 Å². The van der Waals surface area contributed by atoms with Gasteiger partial charge in [-0.3, -0.25) is 15.0 Å². The summed E-state index contributed by atoms with van der Waals surface area (Å²) in [4.78, 5) is 45.3. The Morgan fingerprint density at radius 3 is 2.14 bits per heavy atom. The molecule has 0 radical (unpaired) electrons. The van der Waals surface area contributed by atoms with Gasteiger partial charge >= 0.3 is 5.97 Å². The SMILES string of the molecule is CCCC(CO)(CCC)CNC(=O)c1ccc(-c2ccc(OC)nc2C(=O)Nc2ccc(C(=N)N)cc2)c(C(=O)OCc2ccccc2)c1. The fraction of sp³-hybridized carbons (Fsp3) is 0.289. The molecule has 0 atom stereocenters. The monoisotopic (exact) mass is 665 g/mol. The molecule has 0 aliphatic carbocycles. The van der Waals surface area contributed by atoms with E-state index in [0.29, 0.717) is 22.4 Å². The van der Waals surface area contributed by atoms with Gasteiger partial charge in [-0.25, -0.2) is 9.78 Å². The Balaban J connectivity index is 1.73. The average molecular weight is 666 g/mol. The number of aromatic nitrogens is 1. The number of aliphatic hydroxyl groups excluding tert-OH is 1. The van der Waals surface area contributed by atoms with Gasteiger partial charge in [-0.1, -0.05) is 63.1 Å². The molecule has 0 saturated carbocycles. The molecule has 4 aromatic rings. The highest BCUT2D eigenvalue weighted by atomic mass is 16.5. The molecule has 11 nitrogen and oxygen atoms in total. The number of ether oxygens (including phenoxy) is 2. The highest BCUT2D eigenvalue weighted by Gasteiger charge is 2.29. The van der Waals surface area contributed by atoms with Crippen LogP contribution in [0.3, 0.4) is 0 Å². The van der Waals surface area contributed by atoms with Crippen LogP contribution < -0.4 is 21.1 Å². The predicted octanol–water partition coefficient (Wildman–Crippen LogP) is 5.96. The Morgan fingerprint density at radius 2 is 1.53 bits per heavy atom. The van der Waals surface area contributed by atoms with Crippen molar-refractivity contribution in [2.45, 2.75) is 46.1 Å². The zero-order chi connectivity index (χ0) is 35.4. The van der Waals surface area contributed by atoms with Crippen LogP contribution in [0.1, 0.15) is 81.9 Å². The maximum absolute atomic E-state index is 13.7. The summed E-state index contributed by atoms with van der Waals surface area (Å²) in [6.45, 7) is 4.30. The van der Waals surface area contributed by atoms with Gasteiger partial charge in [0, 0.05) is 40.4 Å². The van der Waals surface area contributed by atoms with Crippen LogP contribution in [0.2, 0.25) is 0 Å². The number of amidine groups is 1. The van der Waals surface area contributed by atoms with Crippen molar-refractivity contribution in [1.82, 2.24) is 10.3 Å². The molecule has 4 rings (SSSR count). The molecule has 49 heavy (non-hydrogen) atoms. The molecule has 2 amide bonds. The fourth-order valence-electron chi connectivity index (χ4n) is 5.71. The van der Waals surface area contributed by atoms with Crippen molar-refractivity contribution in [2.24, 2.45) is 11.1 Å². The second-order valence-electron chi connectivity index (χ2n) is 11.9. The number of hydrogen-bond donors (Lipinski definition) is 5. The van der Waals surface area contributed by atoms with E-state index in [1.807, 2.05) is 44.2 Å². The van der Waals surface area contributed by atoms with E-state index in [4.69, 9.17) is 20.6 Å². The lowest BCUT2D eigenvalue weighted by atomic mass is 9.80. The lowest BCUT2D eigenvalue weighted by Gasteiger charge is -2.31. The van der Waals surface area contributed by atoms with Crippen LogP contribution in [0.5, 0.6) is 5.88 Å². The molecule has 0 fully saturated rings. The van der Waals surface area contributed by atoms with Gasteiger partial charge in [0.25, 0.3) is 11.8 Å². The molecule has 11 heteroatoms. The van der Waals surface area contributed by atoms with Crippen LogP contribution in [-0.2, 0) is 11.3 Å². The minimum absolute atomic E-state index is 0.00689. The molecule has 1 aromatic heterocycles. The van der Waals surface area contributed by atoms with Crippen molar-refractivity contribution in [2.75, 3.05) is 25.6 Å². The molecule has 0 bridgehead atoms. The number of methoxy groups -OCH3 is 1. The predicted molar refractivity (Wildman–Crippen MR) is 189 cm³/mol. The number of nitrogens with zero attached hydrogens (tertiary/aromatic N) is 1. The third-order valence-corrected chi connectivity index (χ3v) is 8.27. The Labute approximate surface area is 286 Å². The number of hydrogen-bond acceptors (Lipinski definition) is 8. The lowest BCUT2D eigenvalue weighted by molar-refractivity contribution is 0.0473. The number of aliphatic hydroxyl groups is 1. The van der Waals surface area contributed by atoms with Gasteiger partial charge in [0.1, 0.15) is 18.1 Å². The van der Waals surface area contributed by atoms with Crippen molar-refractivity contribution in [3.05, 3.63) is 113 Å². The summed E-state index contributed by atoms with van der Waals surface area (Å²) < 4.78 is 11.0. The minimum atomic E-state index is -0.697. The topological polar surface area (TPSA) is 177 Å². The average Bonchev–Trinajstić information content (AvgIpc) is 3.13. The Morgan fingerprint density at radius 1 is 0.878 bits per heavy atom. The van der Waals surface area contributed by atoms with E-state index in [-0.39, 0.29) is 48.3 Å². The first-order valence-electron chi connectivity index (χ1n) is 16.2. The Hall–Kier alpha value is -5.55. The number of esters is 1. The number of pyridine rings is 1. The largest absolute Gasteiger partial charge is 0.481 e. The lowest BCUT2D eigenvalue weighted by Crippen LogP contribution is -2.40. The molecule has 0 saturated heterocycles. The van der Waals surface area contributed by atoms with Gasteiger partial charge < -0.3 is 30.9 Å². The molecule has 256 valence electrons. The molecule has 0 spiro atoms. The molecule has 0 aliphatic rings. The first-order chi connectivity index (χ1) is 23.6. The first kappa shape index (κ1) is 36.3. The van der Waals surface area contributed by atoms with E-state index in [1.165, 1.54) is 13.2 Å². The zero-order valence-corrected chi connectivity index (χ0v) is 28.0. The number of nitrogens with two attached hydrogens (primary N) is 1. The van der Waals surface area contributed by atoms with Crippen LogP contribution >= 0.6 is 0 Å². The van der Waals surface area contributed by atoms with Crippen molar-refractivity contribution >= 4 is 29.3 Å². The number of nitrogens with one attached hydrogen (secondary N) is 3. The van der Waals surface area contributed by atoms with E-state index in [1.54, 1.807) is 48.5 Å². The Kier molecular flexibility index (Phi) is 12.6. The third kappa shape index (κ3) is 9.29. The van der Waals surface area contributed by atoms with E-state index in [9.17, 15) is 19.5 Å². The van der Waals surface area contributed by atoms with Crippen molar-refractivity contribution in [1.29, 1.82) is 5.41 Å². The number of benzene rings is 3. The summed E-state index contributed by atoms with van der Waals surface area (Å²) in [6, 6.07) is 23.4. The molecule has 0 aliphatic heterocycles. The summed E-state index contributed by atoms with van der Waals surface area (Å²) in [5.41, 5.74) is 7.70. The quantitative estimate of drug-likeness (QED) is 0.0553. The maximum atomic E-state index is 13.7. The molecular formula is C38H43N5O6. The first-order valence-corrected chi connectivity index (χ1v) is 16.2. The van der Waals surface area contributed by atoms with Gasteiger partial charge in [0.15, 0.2) is 0 Å². The summed E-state index contributed by atoms with van der Waals surface area (Å²) in [6.07, 6.45) is 3.23. The molecule has 3 aromatic carbocycles. The Bertz CT molecular complexity index is 1770. The highest BCUT2D eigenvalue weighted by molar-refractivity contribution is 6.10. The van der Waals surface area contributed by atoms with Gasteiger partial charge in [-0.15, -0.1) is 0 Å². The van der Waals surface area contributed by atoms with Crippen molar-refractivity contribution in [3.63, 3.8) is 0 Å². The maximum Gasteiger partial charge on any atom is 0.339 e. The summed E-state index contributed by atoms with van der Waals surface area (Å²) in [7, 11) is 1.43. The van der Waals surface area contributed by atoms with Gasteiger partial charge in [-0.05, 0) is 66.4 Å². The van der Waals surface area contributed by atoms with Crippen molar-refractivity contribution < 1.29 is 29.0 Å². The van der Waals surface area contributed by atoms with Gasteiger partial charge in [-0.2, -0.15) is 0 Å². The summed E-state index contributed by atoms with van der Waals surface area (Å²) in [5.74, 6) is -1.61. The molecule has 6 N–H and O–H groups in total. The number of anilines is 1. The second kappa shape index (κ2) is 17.0. The molecule has 0 unspecified atom stereocenters. The zero-order valence-electron chi connectivity index (χ0n) is 28.0. The van der Waals surface area contributed by atoms with Gasteiger partial charge in [0.05, 0.1) is 19.3 Å². The highest BCUT2D eigenvalue weighted by Crippen LogP contribution is 2.32. The van der Waals surface area contributed by atoms with Crippen molar-refractivity contribution in [3.8, 4) is 17.0 Å². The summed E-state index contributed by atoms with van der Waals surface area (Å²) >= 11 is 0. The number of rotatable bonds is 16. The third-order valence-electron chi connectivity index (χ3n) is 8.27. The second-order valence-corrected chi connectivity index (χ2v) is 11.9. The van der Waals surface area contributed by atoms with Gasteiger partial charge in [0.2, 0.25) is 5.88 Å². The van der Waals surface area contributed by atoms with E-state index in [0.717, 1.165) is 31.2 Å². The fourth-order valence-corrected chi connectivity index (χ4v) is 5.71. The smallest absolute Gasteiger partial charge is 0.339 e. The summed E-state index contributed by atoms with van der Waals surface area (Å²) in [5, 5.41) is 23.6. The minimum Gasteiger partial charge on any atom is -0.481 e. The number of nitrogen functional groups attached to an aromatic ring is 1. The van der Waals surface area contributed by atoms with Crippen LogP contribution in [-0.4, -0.2) is 54.0 Å². The number of carbonyl (C=O) groups is 3. The molecular weight excluding hydrogens is 622 g/mol. The van der Waals surface area contributed by atoms with Crippen LogP contribution in [0.25, 0.3) is 11.1 Å². The van der Waals surface area contributed by atoms with E-state index < -0.39 is 23.2 Å². The van der Waals surface area contributed by atoms with E-state index in [2.05, 4.69) is 15.6 Å². The number of amides is 2. The number of carbonyl (C=O) groups excluding carboxylic acids is 3. The normalized spacial score (nSPS) is 11.0. The standard InChI is InChI=1S/C38H43N5O6/c1-4-19-38(24-44,20-5-2)23-41-35(45)27-13-16-29(31(21-27)37(47)49-22-25-9-7-6-8-10-25)30-17-18-32(48-3)43-33(30)36(46)42-28-14-11-26(12-15-28)34(39)40/h6-18,21,44H,4-5,19-20,22-24H2,1-3H3,(H3,39,40)(H,41,45)(H,42,46). The molecule has 1 heterocycles. The van der Waals surface area contributed by atoms with E-state index >= 15 is 0 Å². The van der Waals surface area contributed by atoms with Crippen LogP contribution in [0.4, 0.5) is 5.69 Å².